The molecule has 17 heavy (non-hydrogen) atoms. The molecule has 0 aromatic rings. The lowest BCUT2D eigenvalue weighted by Crippen LogP contribution is -2.51. The number of esters is 1. The van der Waals surface area contributed by atoms with Crippen molar-refractivity contribution in [2.45, 2.75) is 38.3 Å². The van der Waals surface area contributed by atoms with E-state index in [0.29, 0.717) is 0 Å². The molecule has 98 valence electrons. The summed E-state index contributed by atoms with van der Waals surface area (Å²) in [5.41, 5.74) is 0.129. The minimum atomic E-state index is -1.40. The lowest BCUT2D eigenvalue weighted by molar-refractivity contribution is -0.173. The van der Waals surface area contributed by atoms with Crippen LogP contribution in [-0.2, 0) is 9.53 Å². The first-order chi connectivity index (χ1) is 7.88. The molecule has 0 spiro atoms. The molecule has 0 unspecified atom stereocenters. The van der Waals surface area contributed by atoms with E-state index in [-0.39, 0.29) is 5.57 Å². The standard InChI is InChI=1S/C11H18O6/c1-5(2)11(16)17-10-8(14)6(4-12)3-7(13)9(10)15/h3,5,7-10,12-15H,4H2,1-2H3/t7-,8+,9-,10-/m1/s1. The molecule has 0 amide bonds. The van der Waals surface area contributed by atoms with Gasteiger partial charge in [-0.05, 0) is 11.6 Å². The number of carbonyl (C=O) groups excluding carboxylic acids is 1. The van der Waals surface area contributed by atoms with Gasteiger partial charge in [0.2, 0.25) is 0 Å². The fourth-order valence-corrected chi connectivity index (χ4v) is 1.56. The highest BCUT2D eigenvalue weighted by molar-refractivity contribution is 5.71. The van der Waals surface area contributed by atoms with E-state index in [0.717, 1.165) is 6.08 Å². The largest absolute Gasteiger partial charge is 0.456 e. The van der Waals surface area contributed by atoms with E-state index in [9.17, 15) is 20.1 Å². The molecule has 6 heteroatoms. The van der Waals surface area contributed by atoms with Gasteiger partial charge in [0.1, 0.15) is 18.3 Å². The van der Waals surface area contributed by atoms with Crippen LogP contribution >= 0.6 is 0 Å². The van der Waals surface area contributed by atoms with Crippen LogP contribution in [0.2, 0.25) is 0 Å². The number of hydrogen-bond acceptors (Lipinski definition) is 6. The normalized spacial score (nSPS) is 33.5. The van der Waals surface area contributed by atoms with E-state index >= 15 is 0 Å². The van der Waals surface area contributed by atoms with Gasteiger partial charge in [-0.1, -0.05) is 13.8 Å². The predicted octanol–water partition coefficient (Wildman–Crippen LogP) is -1.43. The molecule has 0 saturated carbocycles. The summed E-state index contributed by atoms with van der Waals surface area (Å²) in [5.74, 6) is -0.991. The molecule has 6 nitrogen and oxygen atoms in total. The summed E-state index contributed by atoms with van der Waals surface area (Å²) in [6.45, 7) is 2.76. The predicted molar refractivity (Wildman–Crippen MR) is 57.9 cm³/mol. The molecule has 0 bridgehead atoms. The highest BCUT2D eigenvalue weighted by Crippen LogP contribution is 2.23. The fraction of sp³-hybridized carbons (Fsp3) is 0.727. The van der Waals surface area contributed by atoms with Crippen molar-refractivity contribution in [2.24, 2.45) is 5.92 Å². The molecule has 0 aromatic heterocycles. The Labute approximate surface area is 99.1 Å². The van der Waals surface area contributed by atoms with E-state index in [1.54, 1.807) is 13.8 Å². The van der Waals surface area contributed by atoms with E-state index in [4.69, 9.17) is 9.84 Å². The Morgan fingerprint density at radius 1 is 1.41 bits per heavy atom. The lowest BCUT2D eigenvalue weighted by Gasteiger charge is -2.34. The molecule has 0 fully saturated rings. The fourth-order valence-electron chi connectivity index (χ4n) is 1.56. The zero-order valence-electron chi connectivity index (χ0n) is 9.78. The second kappa shape index (κ2) is 5.59. The van der Waals surface area contributed by atoms with Crippen LogP contribution in [0.5, 0.6) is 0 Å². The monoisotopic (exact) mass is 246 g/mol. The molecule has 0 radical (unpaired) electrons. The summed E-state index contributed by atoms with van der Waals surface area (Å²) in [6.07, 6.45) is -4.07. The molecule has 0 aliphatic heterocycles. The minimum Gasteiger partial charge on any atom is -0.456 e. The summed E-state index contributed by atoms with van der Waals surface area (Å²) in [4.78, 5) is 11.4. The zero-order chi connectivity index (χ0) is 13.2. The lowest BCUT2D eigenvalue weighted by atomic mass is 9.89. The van der Waals surface area contributed by atoms with Gasteiger partial charge in [-0.3, -0.25) is 4.79 Å². The Morgan fingerprint density at radius 2 is 2.00 bits per heavy atom. The van der Waals surface area contributed by atoms with Crippen molar-refractivity contribution in [1.29, 1.82) is 0 Å². The maximum atomic E-state index is 11.4. The van der Waals surface area contributed by atoms with Gasteiger partial charge in [0.25, 0.3) is 0 Å². The van der Waals surface area contributed by atoms with Crippen molar-refractivity contribution in [2.75, 3.05) is 6.61 Å². The number of carbonyl (C=O) groups is 1. The Kier molecular flexibility index (Phi) is 4.64. The Morgan fingerprint density at radius 3 is 2.47 bits per heavy atom. The summed E-state index contributed by atoms with van der Waals surface area (Å²) >= 11 is 0. The third-order valence-electron chi connectivity index (χ3n) is 2.67. The van der Waals surface area contributed by atoms with E-state index in [1.165, 1.54) is 0 Å². The highest BCUT2D eigenvalue weighted by atomic mass is 16.6. The van der Waals surface area contributed by atoms with Crippen molar-refractivity contribution in [1.82, 2.24) is 0 Å². The van der Waals surface area contributed by atoms with Crippen molar-refractivity contribution >= 4 is 5.97 Å². The van der Waals surface area contributed by atoms with Gasteiger partial charge in [-0.25, -0.2) is 0 Å². The first kappa shape index (κ1) is 14.1. The van der Waals surface area contributed by atoms with Gasteiger partial charge in [-0.2, -0.15) is 0 Å². The van der Waals surface area contributed by atoms with Crippen LogP contribution in [-0.4, -0.2) is 57.4 Å². The molecule has 0 saturated heterocycles. The Balaban J connectivity index is 2.84. The number of rotatable bonds is 3. The maximum Gasteiger partial charge on any atom is 0.308 e. The first-order valence-corrected chi connectivity index (χ1v) is 5.44. The summed E-state index contributed by atoms with van der Waals surface area (Å²) in [6, 6.07) is 0. The second-order valence-corrected chi connectivity index (χ2v) is 4.38. The van der Waals surface area contributed by atoms with Crippen LogP contribution in [0, 0.1) is 5.92 Å². The van der Waals surface area contributed by atoms with Crippen LogP contribution in [0.15, 0.2) is 11.6 Å². The van der Waals surface area contributed by atoms with E-state index in [2.05, 4.69) is 0 Å². The molecule has 0 aromatic carbocycles. The molecule has 1 rings (SSSR count). The summed E-state index contributed by atoms with van der Waals surface area (Å²) in [7, 11) is 0. The molecular weight excluding hydrogens is 228 g/mol. The molecule has 1 aliphatic carbocycles. The second-order valence-electron chi connectivity index (χ2n) is 4.38. The van der Waals surface area contributed by atoms with Crippen molar-refractivity contribution in [3.63, 3.8) is 0 Å². The van der Waals surface area contributed by atoms with Gasteiger partial charge < -0.3 is 25.2 Å². The average molecular weight is 246 g/mol. The number of hydrogen-bond donors (Lipinski definition) is 4. The van der Waals surface area contributed by atoms with Crippen LogP contribution in [0.25, 0.3) is 0 Å². The van der Waals surface area contributed by atoms with E-state index < -0.39 is 42.9 Å². The average Bonchev–Trinajstić information content (AvgIpc) is 2.28. The number of ether oxygens (including phenoxy) is 1. The first-order valence-electron chi connectivity index (χ1n) is 5.44. The van der Waals surface area contributed by atoms with Crippen molar-refractivity contribution in [3.05, 3.63) is 11.6 Å². The van der Waals surface area contributed by atoms with Gasteiger partial charge in [0.15, 0.2) is 6.10 Å². The van der Waals surface area contributed by atoms with Gasteiger partial charge in [0, 0.05) is 0 Å². The zero-order valence-corrected chi connectivity index (χ0v) is 9.78. The Hall–Kier alpha value is -0.950. The van der Waals surface area contributed by atoms with Gasteiger partial charge in [-0.15, -0.1) is 0 Å². The Bertz CT molecular complexity index is 311. The van der Waals surface area contributed by atoms with Crippen LogP contribution in [0.1, 0.15) is 13.8 Å². The molecule has 1 aliphatic rings. The quantitative estimate of drug-likeness (QED) is 0.359. The van der Waals surface area contributed by atoms with Crippen LogP contribution < -0.4 is 0 Å². The third kappa shape index (κ3) is 3.04. The van der Waals surface area contributed by atoms with E-state index in [1.807, 2.05) is 0 Å². The van der Waals surface area contributed by atoms with Crippen molar-refractivity contribution in [3.8, 4) is 0 Å². The highest BCUT2D eigenvalue weighted by Gasteiger charge is 2.40. The maximum absolute atomic E-state index is 11.4. The number of aliphatic hydroxyl groups excluding tert-OH is 4. The smallest absolute Gasteiger partial charge is 0.308 e. The minimum absolute atomic E-state index is 0.129. The van der Waals surface area contributed by atoms with Gasteiger partial charge >= 0.3 is 5.97 Å². The van der Waals surface area contributed by atoms with Crippen LogP contribution in [0.4, 0.5) is 0 Å². The molecule has 0 heterocycles. The van der Waals surface area contributed by atoms with Crippen LogP contribution in [0.3, 0.4) is 0 Å². The summed E-state index contributed by atoms with van der Waals surface area (Å²) < 4.78 is 4.93. The third-order valence-corrected chi connectivity index (χ3v) is 2.67. The van der Waals surface area contributed by atoms with Crippen molar-refractivity contribution < 1.29 is 30.0 Å². The summed E-state index contributed by atoms with van der Waals surface area (Å²) in [5, 5.41) is 37.9. The molecular formula is C11H18O6. The molecule has 4 atom stereocenters. The number of aliphatic hydroxyl groups is 4. The topological polar surface area (TPSA) is 107 Å². The SMILES string of the molecule is CC(C)C(=O)O[C@H]1[C@H](O)[C@H](O)C=C(CO)[C@@H]1O. The van der Waals surface area contributed by atoms with Gasteiger partial charge in [0.05, 0.1) is 12.5 Å². The molecule has 4 N–H and O–H groups in total.